The molecule has 0 spiro atoms. The van der Waals surface area contributed by atoms with Crippen LogP contribution in [-0.4, -0.2) is 13.1 Å². The zero-order chi connectivity index (χ0) is 10.7. The second-order valence-electron chi connectivity index (χ2n) is 3.25. The molecule has 0 radical (unpaired) electrons. The van der Waals surface area contributed by atoms with Crippen molar-refractivity contribution in [3.05, 3.63) is 34.3 Å². The minimum absolute atomic E-state index is 0.226. The molecule has 0 saturated heterocycles. The summed E-state index contributed by atoms with van der Waals surface area (Å²) >= 11 is 5.82. The predicted molar refractivity (Wildman–Crippen MR) is 56.6 cm³/mol. The van der Waals surface area contributed by atoms with E-state index in [9.17, 15) is 4.79 Å². The van der Waals surface area contributed by atoms with Gasteiger partial charge in [0.1, 0.15) is 0 Å². The average molecular weight is 213 g/mol. The molecule has 1 rings (SSSR count). The van der Waals surface area contributed by atoms with Gasteiger partial charge in [-0.3, -0.25) is 4.79 Å². The van der Waals surface area contributed by atoms with Crippen LogP contribution in [0.3, 0.4) is 0 Å². The third-order valence-electron chi connectivity index (χ3n) is 2.25. The molecule has 0 fully saturated rings. The number of hydrogen-bond donors (Lipinski definition) is 0. The summed E-state index contributed by atoms with van der Waals surface area (Å²) in [6.07, 6.45) is 0. The maximum Gasteiger partial charge on any atom is 0.312 e. The Kier molecular flexibility index (Phi) is 3.53. The Morgan fingerprint density at radius 3 is 2.64 bits per heavy atom. The zero-order valence-corrected chi connectivity index (χ0v) is 9.26. The van der Waals surface area contributed by atoms with Gasteiger partial charge in [0.2, 0.25) is 0 Å². The Morgan fingerprint density at radius 2 is 2.14 bits per heavy atom. The minimum atomic E-state index is -0.239. The Bertz CT molecular complexity index is 347. The second-order valence-corrected chi connectivity index (χ2v) is 3.68. The van der Waals surface area contributed by atoms with E-state index in [2.05, 4.69) is 4.74 Å². The van der Waals surface area contributed by atoms with Crippen molar-refractivity contribution in [3.8, 4) is 0 Å². The molecule has 3 heteroatoms. The first-order chi connectivity index (χ1) is 6.56. The van der Waals surface area contributed by atoms with Gasteiger partial charge in [-0.2, -0.15) is 0 Å². The van der Waals surface area contributed by atoms with Gasteiger partial charge >= 0.3 is 5.97 Å². The fourth-order valence-electron chi connectivity index (χ4n) is 1.43. The van der Waals surface area contributed by atoms with Gasteiger partial charge in [0.05, 0.1) is 13.0 Å². The lowest BCUT2D eigenvalue weighted by Gasteiger charge is -2.12. The molecule has 1 aromatic carbocycles. The highest BCUT2D eigenvalue weighted by atomic mass is 35.5. The Morgan fingerprint density at radius 1 is 1.50 bits per heavy atom. The SMILES string of the molecule is COC(=O)C(C)c1ccc(Cl)cc1C. The molecule has 1 unspecified atom stereocenters. The molecule has 0 amide bonds. The van der Waals surface area contributed by atoms with Crippen LogP contribution in [0.4, 0.5) is 0 Å². The van der Waals surface area contributed by atoms with Crippen LogP contribution in [0.1, 0.15) is 24.0 Å². The van der Waals surface area contributed by atoms with Crippen LogP contribution in [0.2, 0.25) is 5.02 Å². The summed E-state index contributed by atoms with van der Waals surface area (Å²) in [5.74, 6) is -0.465. The summed E-state index contributed by atoms with van der Waals surface area (Å²) in [5, 5.41) is 0.684. The van der Waals surface area contributed by atoms with E-state index in [0.717, 1.165) is 11.1 Å². The van der Waals surface area contributed by atoms with E-state index in [-0.39, 0.29) is 11.9 Å². The van der Waals surface area contributed by atoms with E-state index in [0.29, 0.717) is 5.02 Å². The van der Waals surface area contributed by atoms with Gasteiger partial charge in [-0.1, -0.05) is 17.7 Å². The molecule has 1 atom stereocenters. The third kappa shape index (κ3) is 2.26. The molecule has 0 N–H and O–H groups in total. The number of methoxy groups -OCH3 is 1. The van der Waals surface area contributed by atoms with E-state index < -0.39 is 0 Å². The number of carbonyl (C=O) groups excluding carboxylic acids is 1. The summed E-state index contributed by atoms with van der Waals surface area (Å²) in [6, 6.07) is 5.49. The van der Waals surface area contributed by atoms with Crippen LogP contribution >= 0.6 is 11.6 Å². The number of carbonyl (C=O) groups is 1. The average Bonchev–Trinajstić information content (AvgIpc) is 2.15. The number of halogens is 1. The van der Waals surface area contributed by atoms with E-state index >= 15 is 0 Å². The number of hydrogen-bond acceptors (Lipinski definition) is 2. The molecule has 0 aliphatic heterocycles. The Balaban J connectivity index is 3.01. The molecule has 0 heterocycles. The molecule has 0 aliphatic rings. The van der Waals surface area contributed by atoms with Crippen molar-refractivity contribution in [2.24, 2.45) is 0 Å². The van der Waals surface area contributed by atoms with Crippen LogP contribution in [0.25, 0.3) is 0 Å². The molecule has 0 aromatic heterocycles. The van der Waals surface area contributed by atoms with Gasteiger partial charge in [-0.25, -0.2) is 0 Å². The summed E-state index contributed by atoms with van der Waals surface area (Å²) in [7, 11) is 1.39. The minimum Gasteiger partial charge on any atom is -0.469 e. The van der Waals surface area contributed by atoms with Crippen molar-refractivity contribution < 1.29 is 9.53 Å². The summed E-state index contributed by atoms with van der Waals surface area (Å²) in [4.78, 5) is 11.3. The highest BCUT2D eigenvalue weighted by Gasteiger charge is 2.17. The first-order valence-corrected chi connectivity index (χ1v) is 4.78. The lowest BCUT2D eigenvalue weighted by molar-refractivity contribution is -0.142. The maximum atomic E-state index is 11.3. The molecular formula is C11H13ClO2. The van der Waals surface area contributed by atoms with E-state index in [1.165, 1.54) is 7.11 Å². The van der Waals surface area contributed by atoms with Crippen molar-refractivity contribution in [3.63, 3.8) is 0 Å². The fraction of sp³-hybridized carbons (Fsp3) is 0.364. The van der Waals surface area contributed by atoms with E-state index in [1.807, 2.05) is 26.0 Å². The van der Waals surface area contributed by atoms with Crippen molar-refractivity contribution in [1.82, 2.24) is 0 Å². The van der Waals surface area contributed by atoms with Gasteiger partial charge in [0.15, 0.2) is 0 Å². The first-order valence-electron chi connectivity index (χ1n) is 4.40. The molecular weight excluding hydrogens is 200 g/mol. The van der Waals surface area contributed by atoms with Crippen LogP contribution < -0.4 is 0 Å². The fourth-order valence-corrected chi connectivity index (χ4v) is 1.66. The molecule has 1 aromatic rings. The van der Waals surface area contributed by atoms with Crippen molar-refractivity contribution >= 4 is 17.6 Å². The number of rotatable bonds is 2. The summed E-state index contributed by atoms with van der Waals surface area (Å²) in [5.41, 5.74) is 1.97. The van der Waals surface area contributed by atoms with Crippen LogP contribution in [-0.2, 0) is 9.53 Å². The van der Waals surface area contributed by atoms with Gasteiger partial charge in [0, 0.05) is 5.02 Å². The maximum absolute atomic E-state index is 11.3. The number of benzene rings is 1. The third-order valence-corrected chi connectivity index (χ3v) is 2.49. The van der Waals surface area contributed by atoms with Gasteiger partial charge in [-0.15, -0.1) is 0 Å². The molecule has 76 valence electrons. The number of ether oxygens (including phenoxy) is 1. The lowest BCUT2D eigenvalue weighted by atomic mass is 9.97. The number of aryl methyl sites for hydroxylation is 1. The normalized spacial score (nSPS) is 12.3. The highest BCUT2D eigenvalue weighted by molar-refractivity contribution is 6.30. The highest BCUT2D eigenvalue weighted by Crippen LogP contribution is 2.23. The van der Waals surface area contributed by atoms with Crippen molar-refractivity contribution in [2.45, 2.75) is 19.8 Å². The lowest BCUT2D eigenvalue weighted by Crippen LogP contribution is -2.11. The molecule has 0 bridgehead atoms. The van der Waals surface area contributed by atoms with Gasteiger partial charge in [-0.05, 0) is 37.1 Å². The van der Waals surface area contributed by atoms with Crippen LogP contribution in [0.5, 0.6) is 0 Å². The van der Waals surface area contributed by atoms with Gasteiger partial charge in [0.25, 0.3) is 0 Å². The predicted octanol–water partition coefficient (Wildman–Crippen LogP) is 2.92. The standard InChI is InChI=1S/C11H13ClO2/c1-7-6-9(12)4-5-10(7)8(2)11(13)14-3/h4-6,8H,1-3H3. The quantitative estimate of drug-likeness (QED) is 0.705. The Hall–Kier alpha value is -1.02. The molecule has 14 heavy (non-hydrogen) atoms. The van der Waals surface area contributed by atoms with Crippen molar-refractivity contribution in [2.75, 3.05) is 7.11 Å². The van der Waals surface area contributed by atoms with Crippen LogP contribution in [0.15, 0.2) is 18.2 Å². The van der Waals surface area contributed by atoms with Crippen molar-refractivity contribution in [1.29, 1.82) is 0 Å². The van der Waals surface area contributed by atoms with Crippen LogP contribution in [0, 0.1) is 6.92 Å². The zero-order valence-electron chi connectivity index (χ0n) is 8.50. The van der Waals surface area contributed by atoms with Gasteiger partial charge < -0.3 is 4.74 Å². The second kappa shape index (κ2) is 4.47. The van der Waals surface area contributed by atoms with E-state index in [4.69, 9.17) is 11.6 Å². The monoisotopic (exact) mass is 212 g/mol. The summed E-state index contributed by atoms with van der Waals surface area (Å²) in [6.45, 7) is 3.75. The number of esters is 1. The topological polar surface area (TPSA) is 26.3 Å². The largest absolute Gasteiger partial charge is 0.469 e. The smallest absolute Gasteiger partial charge is 0.312 e. The van der Waals surface area contributed by atoms with E-state index in [1.54, 1.807) is 6.07 Å². The first kappa shape index (κ1) is 11.1. The Labute approximate surface area is 88.8 Å². The molecule has 2 nitrogen and oxygen atoms in total. The molecule has 0 aliphatic carbocycles. The summed E-state index contributed by atoms with van der Waals surface area (Å²) < 4.78 is 4.68. The molecule has 0 saturated carbocycles.